The summed E-state index contributed by atoms with van der Waals surface area (Å²) >= 11 is 0. The molecule has 0 bridgehead atoms. The SMILES string of the molecule is COc1ccc(N)c(NC(C)CCO)n1. The van der Waals surface area contributed by atoms with Crippen LogP contribution in [-0.2, 0) is 0 Å². The van der Waals surface area contributed by atoms with E-state index in [0.29, 0.717) is 23.8 Å². The molecule has 0 aliphatic rings. The van der Waals surface area contributed by atoms with Gasteiger partial charge in [-0.1, -0.05) is 0 Å². The van der Waals surface area contributed by atoms with Gasteiger partial charge in [-0.05, 0) is 19.4 Å². The third-order valence-electron chi connectivity index (χ3n) is 2.06. The highest BCUT2D eigenvalue weighted by Crippen LogP contribution is 2.20. The molecule has 1 unspecified atom stereocenters. The molecule has 0 aliphatic carbocycles. The molecule has 1 atom stereocenters. The lowest BCUT2D eigenvalue weighted by molar-refractivity contribution is 0.282. The van der Waals surface area contributed by atoms with E-state index in [0.717, 1.165) is 0 Å². The third-order valence-corrected chi connectivity index (χ3v) is 2.06. The molecule has 0 aromatic carbocycles. The summed E-state index contributed by atoms with van der Waals surface area (Å²) in [6.07, 6.45) is 0.651. The highest BCUT2D eigenvalue weighted by atomic mass is 16.5. The van der Waals surface area contributed by atoms with Crippen molar-refractivity contribution in [2.24, 2.45) is 0 Å². The van der Waals surface area contributed by atoms with E-state index < -0.39 is 0 Å². The second-order valence-electron chi connectivity index (χ2n) is 3.35. The Bertz CT molecular complexity index is 318. The van der Waals surface area contributed by atoms with Crippen LogP contribution < -0.4 is 15.8 Å². The molecule has 1 rings (SSSR count). The monoisotopic (exact) mass is 211 g/mol. The number of anilines is 2. The summed E-state index contributed by atoms with van der Waals surface area (Å²) in [5, 5.41) is 11.9. The number of hydrogen-bond donors (Lipinski definition) is 3. The second-order valence-corrected chi connectivity index (χ2v) is 3.35. The van der Waals surface area contributed by atoms with E-state index >= 15 is 0 Å². The van der Waals surface area contributed by atoms with Gasteiger partial charge in [0.15, 0.2) is 5.82 Å². The predicted molar refractivity (Wildman–Crippen MR) is 60.0 cm³/mol. The van der Waals surface area contributed by atoms with E-state index in [4.69, 9.17) is 15.6 Å². The lowest BCUT2D eigenvalue weighted by Crippen LogP contribution is -2.18. The van der Waals surface area contributed by atoms with Crippen LogP contribution in [0.2, 0.25) is 0 Å². The van der Waals surface area contributed by atoms with Gasteiger partial charge in [-0.25, -0.2) is 0 Å². The largest absolute Gasteiger partial charge is 0.481 e. The lowest BCUT2D eigenvalue weighted by Gasteiger charge is -2.15. The Labute approximate surface area is 89.3 Å². The highest BCUT2D eigenvalue weighted by Gasteiger charge is 2.06. The molecule has 84 valence electrons. The number of aliphatic hydroxyl groups is 1. The van der Waals surface area contributed by atoms with Gasteiger partial charge in [0, 0.05) is 18.7 Å². The first kappa shape index (κ1) is 11.6. The molecule has 0 saturated heterocycles. The zero-order chi connectivity index (χ0) is 11.3. The van der Waals surface area contributed by atoms with Gasteiger partial charge < -0.3 is 20.9 Å². The molecule has 0 spiro atoms. The summed E-state index contributed by atoms with van der Waals surface area (Å²) in [6.45, 7) is 2.09. The Kier molecular flexibility index (Phi) is 4.17. The van der Waals surface area contributed by atoms with Gasteiger partial charge in [0.25, 0.3) is 0 Å². The first-order chi connectivity index (χ1) is 7.17. The van der Waals surface area contributed by atoms with E-state index in [-0.39, 0.29) is 12.6 Å². The van der Waals surface area contributed by atoms with Crippen molar-refractivity contribution < 1.29 is 9.84 Å². The van der Waals surface area contributed by atoms with E-state index in [1.165, 1.54) is 0 Å². The summed E-state index contributed by atoms with van der Waals surface area (Å²) in [4.78, 5) is 4.17. The normalized spacial score (nSPS) is 12.2. The summed E-state index contributed by atoms with van der Waals surface area (Å²) in [6, 6.07) is 3.56. The van der Waals surface area contributed by atoms with E-state index in [1.54, 1.807) is 19.2 Å². The van der Waals surface area contributed by atoms with E-state index in [9.17, 15) is 0 Å². The summed E-state index contributed by atoms with van der Waals surface area (Å²) in [7, 11) is 1.56. The quantitative estimate of drug-likeness (QED) is 0.673. The van der Waals surface area contributed by atoms with Crippen molar-refractivity contribution in [2.75, 3.05) is 24.8 Å². The smallest absolute Gasteiger partial charge is 0.215 e. The average Bonchev–Trinajstić information content (AvgIpc) is 2.21. The van der Waals surface area contributed by atoms with Gasteiger partial charge >= 0.3 is 0 Å². The summed E-state index contributed by atoms with van der Waals surface area (Å²) < 4.78 is 5.00. The zero-order valence-electron chi connectivity index (χ0n) is 9.03. The van der Waals surface area contributed by atoms with E-state index in [2.05, 4.69) is 10.3 Å². The second kappa shape index (κ2) is 5.41. The molecule has 0 aliphatic heterocycles. The van der Waals surface area contributed by atoms with Crippen LogP contribution in [0, 0.1) is 0 Å². The van der Waals surface area contributed by atoms with Crippen molar-refractivity contribution in [1.82, 2.24) is 4.98 Å². The molecule has 0 saturated carbocycles. The van der Waals surface area contributed by atoms with Gasteiger partial charge in [-0.3, -0.25) is 0 Å². The first-order valence-corrected chi connectivity index (χ1v) is 4.85. The first-order valence-electron chi connectivity index (χ1n) is 4.85. The fourth-order valence-electron chi connectivity index (χ4n) is 1.18. The van der Waals surface area contributed by atoms with Crippen molar-refractivity contribution in [2.45, 2.75) is 19.4 Å². The Balaban J connectivity index is 2.74. The number of ether oxygens (including phenoxy) is 1. The molecule has 0 fully saturated rings. The van der Waals surface area contributed by atoms with Gasteiger partial charge in [-0.15, -0.1) is 0 Å². The Morgan fingerprint density at radius 1 is 1.60 bits per heavy atom. The number of aromatic nitrogens is 1. The Morgan fingerprint density at radius 3 is 2.93 bits per heavy atom. The molecular weight excluding hydrogens is 194 g/mol. The van der Waals surface area contributed by atoms with Crippen LogP contribution in [0.5, 0.6) is 5.88 Å². The summed E-state index contributed by atoms with van der Waals surface area (Å²) in [5.74, 6) is 1.11. The number of pyridine rings is 1. The topological polar surface area (TPSA) is 80.4 Å². The number of nitrogens with zero attached hydrogens (tertiary/aromatic N) is 1. The Morgan fingerprint density at radius 2 is 2.33 bits per heavy atom. The maximum Gasteiger partial charge on any atom is 0.215 e. The van der Waals surface area contributed by atoms with Crippen LogP contribution in [0.4, 0.5) is 11.5 Å². The zero-order valence-corrected chi connectivity index (χ0v) is 9.03. The molecular formula is C10H17N3O2. The van der Waals surface area contributed by atoms with Crippen molar-refractivity contribution >= 4 is 11.5 Å². The molecule has 0 amide bonds. The minimum Gasteiger partial charge on any atom is -0.481 e. The van der Waals surface area contributed by atoms with Gasteiger partial charge in [-0.2, -0.15) is 4.98 Å². The number of methoxy groups -OCH3 is 1. The molecule has 1 heterocycles. The number of aliphatic hydroxyl groups excluding tert-OH is 1. The van der Waals surface area contributed by atoms with Crippen molar-refractivity contribution in [3.63, 3.8) is 0 Å². The molecule has 15 heavy (non-hydrogen) atoms. The van der Waals surface area contributed by atoms with Gasteiger partial charge in [0.1, 0.15) is 0 Å². The van der Waals surface area contributed by atoms with Crippen LogP contribution in [0.3, 0.4) is 0 Å². The lowest BCUT2D eigenvalue weighted by atomic mass is 10.2. The molecule has 1 aromatic heterocycles. The van der Waals surface area contributed by atoms with Crippen LogP contribution in [0.1, 0.15) is 13.3 Å². The minimum absolute atomic E-state index is 0.122. The number of nitrogen functional groups attached to an aromatic ring is 1. The van der Waals surface area contributed by atoms with Crippen molar-refractivity contribution in [3.05, 3.63) is 12.1 Å². The number of hydrogen-bond acceptors (Lipinski definition) is 5. The van der Waals surface area contributed by atoms with Crippen LogP contribution in [0.15, 0.2) is 12.1 Å². The van der Waals surface area contributed by atoms with Gasteiger partial charge in [0.2, 0.25) is 5.88 Å². The maximum absolute atomic E-state index is 8.77. The molecule has 1 aromatic rings. The van der Waals surface area contributed by atoms with Gasteiger partial charge in [0.05, 0.1) is 12.8 Å². The van der Waals surface area contributed by atoms with Crippen molar-refractivity contribution in [1.29, 1.82) is 0 Å². The average molecular weight is 211 g/mol. The van der Waals surface area contributed by atoms with Crippen LogP contribution >= 0.6 is 0 Å². The number of rotatable bonds is 5. The third kappa shape index (κ3) is 3.28. The number of nitrogens with two attached hydrogens (primary N) is 1. The molecule has 5 heteroatoms. The fourth-order valence-corrected chi connectivity index (χ4v) is 1.18. The number of nitrogens with one attached hydrogen (secondary N) is 1. The standard InChI is InChI=1S/C10H17N3O2/c1-7(5-6-14)12-10-8(11)3-4-9(13-10)15-2/h3-4,7,14H,5-6,11H2,1-2H3,(H,12,13). The van der Waals surface area contributed by atoms with Crippen molar-refractivity contribution in [3.8, 4) is 5.88 Å². The summed E-state index contributed by atoms with van der Waals surface area (Å²) in [5.41, 5.74) is 6.32. The van der Waals surface area contributed by atoms with E-state index in [1.807, 2.05) is 6.92 Å². The minimum atomic E-state index is 0.122. The maximum atomic E-state index is 8.77. The molecule has 4 N–H and O–H groups in total. The van der Waals surface area contributed by atoms with Crippen LogP contribution in [0.25, 0.3) is 0 Å². The Hall–Kier alpha value is -1.49. The molecule has 5 nitrogen and oxygen atoms in total. The molecule has 0 radical (unpaired) electrons. The predicted octanol–water partition coefficient (Wildman–Crippen LogP) is 0.855. The van der Waals surface area contributed by atoms with Crippen LogP contribution in [-0.4, -0.2) is 29.8 Å². The highest BCUT2D eigenvalue weighted by molar-refractivity contribution is 5.62. The fraction of sp³-hybridized carbons (Fsp3) is 0.500.